The number of rotatable bonds is 4. The average molecular weight is 344 g/mol. The zero-order chi connectivity index (χ0) is 17.2. The third-order valence-corrected chi connectivity index (χ3v) is 4.72. The summed E-state index contributed by atoms with van der Waals surface area (Å²) in [5.41, 5.74) is 0.579. The third kappa shape index (κ3) is 3.87. The van der Waals surface area contributed by atoms with E-state index in [1.807, 2.05) is 4.90 Å². The highest BCUT2D eigenvalue weighted by atomic mass is 19.1. The Hall–Kier alpha value is -2.28. The molecule has 1 aromatic carbocycles. The summed E-state index contributed by atoms with van der Waals surface area (Å²) in [7, 11) is 0. The van der Waals surface area contributed by atoms with Crippen molar-refractivity contribution >= 4 is 5.91 Å². The molecule has 2 heterocycles. The van der Waals surface area contributed by atoms with Crippen molar-refractivity contribution in [3.05, 3.63) is 36.0 Å². The number of hydrogen-bond acceptors (Lipinski definition) is 5. The van der Waals surface area contributed by atoms with Crippen molar-refractivity contribution in [2.75, 3.05) is 26.2 Å². The lowest BCUT2D eigenvalue weighted by atomic mass is 10.2. The zero-order valence-corrected chi connectivity index (χ0v) is 14.0. The summed E-state index contributed by atoms with van der Waals surface area (Å²) in [4.78, 5) is 16.4. The van der Waals surface area contributed by atoms with Crippen LogP contribution in [0, 0.1) is 11.7 Å². The number of amides is 1. The number of halogens is 1. The summed E-state index contributed by atoms with van der Waals surface area (Å²) in [6, 6.07) is 6.12. The zero-order valence-electron chi connectivity index (χ0n) is 14.0. The van der Waals surface area contributed by atoms with E-state index in [4.69, 9.17) is 4.42 Å². The number of hydrogen-bond donors (Lipinski definition) is 0. The molecular formula is C18H21FN4O2. The molecule has 132 valence electrons. The molecule has 1 saturated heterocycles. The molecule has 4 rings (SSSR count). The minimum absolute atomic E-state index is 0.274. The van der Waals surface area contributed by atoms with Gasteiger partial charge in [-0.25, -0.2) is 4.39 Å². The highest BCUT2D eigenvalue weighted by molar-refractivity contribution is 5.81. The lowest BCUT2D eigenvalue weighted by Crippen LogP contribution is -2.36. The predicted molar refractivity (Wildman–Crippen MR) is 88.9 cm³/mol. The third-order valence-electron chi connectivity index (χ3n) is 4.72. The Kier molecular flexibility index (Phi) is 4.48. The van der Waals surface area contributed by atoms with Gasteiger partial charge < -0.3 is 9.32 Å². The topological polar surface area (TPSA) is 62.5 Å². The van der Waals surface area contributed by atoms with Crippen molar-refractivity contribution in [3.8, 4) is 11.5 Å². The maximum Gasteiger partial charge on any atom is 0.247 e. The normalized spacial score (nSPS) is 19.0. The Morgan fingerprint density at radius 2 is 2.08 bits per heavy atom. The van der Waals surface area contributed by atoms with Crippen LogP contribution in [0.25, 0.3) is 11.5 Å². The van der Waals surface area contributed by atoms with Gasteiger partial charge >= 0.3 is 0 Å². The van der Waals surface area contributed by atoms with Crippen molar-refractivity contribution in [3.63, 3.8) is 0 Å². The number of aromatic nitrogens is 2. The molecule has 1 saturated carbocycles. The minimum atomic E-state index is -0.329. The van der Waals surface area contributed by atoms with Crippen LogP contribution in [0.4, 0.5) is 4.39 Å². The Labute approximate surface area is 145 Å². The largest absolute Gasteiger partial charge is 0.419 e. The van der Waals surface area contributed by atoms with Gasteiger partial charge in [0.2, 0.25) is 17.7 Å². The number of carbonyl (C=O) groups excluding carboxylic acids is 1. The van der Waals surface area contributed by atoms with E-state index < -0.39 is 0 Å². The molecule has 1 aliphatic carbocycles. The van der Waals surface area contributed by atoms with Crippen LogP contribution in [-0.4, -0.2) is 52.1 Å². The first-order chi connectivity index (χ1) is 12.2. The fourth-order valence-corrected chi connectivity index (χ4v) is 3.18. The van der Waals surface area contributed by atoms with E-state index in [-0.39, 0.29) is 11.7 Å². The molecular weight excluding hydrogens is 323 g/mol. The Bertz CT molecular complexity index is 759. The van der Waals surface area contributed by atoms with Crippen LogP contribution in [0.2, 0.25) is 0 Å². The fraction of sp³-hybridized carbons (Fsp3) is 0.500. The second kappa shape index (κ2) is 6.92. The second-order valence-corrected chi connectivity index (χ2v) is 6.74. The Balaban J connectivity index is 1.37. The van der Waals surface area contributed by atoms with E-state index in [0.29, 0.717) is 29.8 Å². The molecule has 7 heteroatoms. The molecule has 0 spiro atoms. The predicted octanol–water partition coefficient (Wildman–Crippen LogP) is 2.32. The molecule has 2 aromatic rings. The van der Waals surface area contributed by atoms with Crippen LogP contribution >= 0.6 is 0 Å². The monoisotopic (exact) mass is 344 g/mol. The van der Waals surface area contributed by atoms with E-state index in [2.05, 4.69) is 15.1 Å². The summed E-state index contributed by atoms with van der Waals surface area (Å²) in [6.45, 7) is 3.82. The number of carbonyl (C=O) groups is 1. The molecule has 2 fully saturated rings. The van der Waals surface area contributed by atoms with Crippen LogP contribution in [0.1, 0.15) is 25.2 Å². The maximum atomic E-state index is 13.3. The highest BCUT2D eigenvalue weighted by Crippen LogP contribution is 2.31. The van der Waals surface area contributed by atoms with E-state index in [0.717, 1.165) is 45.4 Å². The van der Waals surface area contributed by atoms with Crippen LogP contribution in [-0.2, 0) is 11.3 Å². The van der Waals surface area contributed by atoms with Crippen molar-refractivity contribution in [1.29, 1.82) is 0 Å². The van der Waals surface area contributed by atoms with Crippen molar-refractivity contribution in [2.45, 2.75) is 25.8 Å². The summed E-state index contributed by atoms with van der Waals surface area (Å²) in [5, 5.41) is 8.09. The van der Waals surface area contributed by atoms with E-state index in [1.165, 1.54) is 12.1 Å². The van der Waals surface area contributed by atoms with Gasteiger partial charge in [-0.05, 0) is 37.5 Å². The first kappa shape index (κ1) is 16.2. The van der Waals surface area contributed by atoms with Gasteiger partial charge in [0.25, 0.3) is 0 Å². The van der Waals surface area contributed by atoms with Crippen LogP contribution in [0.15, 0.2) is 28.7 Å². The molecule has 25 heavy (non-hydrogen) atoms. The maximum absolute atomic E-state index is 13.3. The van der Waals surface area contributed by atoms with Gasteiger partial charge in [0.05, 0.1) is 6.54 Å². The Morgan fingerprint density at radius 1 is 1.20 bits per heavy atom. The lowest BCUT2D eigenvalue weighted by molar-refractivity contribution is -0.132. The van der Waals surface area contributed by atoms with Gasteiger partial charge in [0.1, 0.15) is 5.82 Å². The first-order valence-corrected chi connectivity index (χ1v) is 8.78. The van der Waals surface area contributed by atoms with Gasteiger partial charge in [0.15, 0.2) is 0 Å². The van der Waals surface area contributed by atoms with E-state index in [9.17, 15) is 9.18 Å². The Morgan fingerprint density at radius 3 is 2.88 bits per heavy atom. The first-order valence-electron chi connectivity index (χ1n) is 8.78. The van der Waals surface area contributed by atoms with Gasteiger partial charge in [-0.15, -0.1) is 10.2 Å². The molecule has 1 aromatic heterocycles. The molecule has 0 N–H and O–H groups in total. The summed E-state index contributed by atoms with van der Waals surface area (Å²) < 4.78 is 19.0. The smallest absolute Gasteiger partial charge is 0.247 e. The molecule has 0 atom stereocenters. The molecule has 2 aliphatic rings. The molecule has 1 aliphatic heterocycles. The van der Waals surface area contributed by atoms with Crippen molar-refractivity contribution < 1.29 is 13.6 Å². The van der Waals surface area contributed by atoms with Crippen LogP contribution < -0.4 is 0 Å². The number of nitrogens with zero attached hydrogens (tertiary/aromatic N) is 4. The molecule has 0 unspecified atom stereocenters. The standard InChI is InChI=1S/C18H21FN4O2/c19-15-4-1-3-14(11-15)17-21-20-16(25-17)12-22-7-2-8-23(10-9-22)18(24)13-5-6-13/h1,3-4,11,13H,2,5-10,12H2. The van der Waals surface area contributed by atoms with E-state index >= 15 is 0 Å². The van der Waals surface area contributed by atoms with Gasteiger partial charge in [-0.3, -0.25) is 9.69 Å². The number of benzene rings is 1. The second-order valence-electron chi connectivity index (χ2n) is 6.74. The average Bonchev–Trinajstić information content (AvgIpc) is 3.39. The van der Waals surface area contributed by atoms with E-state index in [1.54, 1.807) is 12.1 Å². The summed E-state index contributed by atoms with van der Waals surface area (Å²) in [5.74, 6) is 1.10. The molecule has 0 radical (unpaired) electrons. The van der Waals surface area contributed by atoms with Gasteiger partial charge in [0, 0.05) is 37.7 Å². The fourth-order valence-electron chi connectivity index (χ4n) is 3.18. The molecule has 6 nitrogen and oxygen atoms in total. The summed E-state index contributed by atoms with van der Waals surface area (Å²) in [6.07, 6.45) is 3.04. The minimum Gasteiger partial charge on any atom is -0.419 e. The quantitative estimate of drug-likeness (QED) is 0.852. The molecule has 0 bridgehead atoms. The summed E-state index contributed by atoms with van der Waals surface area (Å²) >= 11 is 0. The van der Waals surface area contributed by atoms with Crippen LogP contribution in [0.5, 0.6) is 0 Å². The van der Waals surface area contributed by atoms with Crippen molar-refractivity contribution in [1.82, 2.24) is 20.0 Å². The lowest BCUT2D eigenvalue weighted by Gasteiger charge is -2.21. The van der Waals surface area contributed by atoms with Gasteiger partial charge in [-0.2, -0.15) is 0 Å². The SMILES string of the molecule is O=C(C1CC1)N1CCCN(Cc2nnc(-c3cccc(F)c3)o2)CC1. The van der Waals surface area contributed by atoms with Crippen LogP contribution in [0.3, 0.4) is 0 Å². The highest BCUT2D eigenvalue weighted by Gasteiger charge is 2.34. The van der Waals surface area contributed by atoms with Gasteiger partial charge in [-0.1, -0.05) is 6.07 Å². The van der Waals surface area contributed by atoms with Crippen molar-refractivity contribution in [2.24, 2.45) is 5.92 Å². The molecule has 1 amide bonds.